The summed E-state index contributed by atoms with van der Waals surface area (Å²) in [6.07, 6.45) is 0.444. The van der Waals surface area contributed by atoms with Gasteiger partial charge >= 0.3 is 0 Å². The predicted molar refractivity (Wildman–Crippen MR) is 110 cm³/mol. The third-order valence-corrected chi connectivity index (χ3v) is 5.30. The molecule has 0 aliphatic carbocycles. The molecule has 30 heavy (non-hydrogen) atoms. The molecule has 4 rings (SSSR count). The van der Waals surface area contributed by atoms with Crippen LogP contribution >= 0.6 is 0 Å². The van der Waals surface area contributed by atoms with Gasteiger partial charge in [0.1, 0.15) is 17.1 Å². The van der Waals surface area contributed by atoms with Gasteiger partial charge in [0.25, 0.3) is 5.91 Å². The SMILES string of the molecule is COc1ccc([C@@H]2c3c(-c4ccccc4O)n[nH]c3C(=O)N2CCCO)cc1OC. The number of aliphatic hydroxyl groups is 1. The van der Waals surface area contributed by atoms with Crippen molar-refractivity contribution < 1.29 is 24.5 Å². The van der Waals surface area contributed by atoms with Crippen LogP contribution in [0.15, 0.2) is 42.5 Å². The molecule has 1 atom stereocenters. The van der Waals surface area contributed by atoms with Crippen molar-refractivity contribution in [1.29, 1.82) is 0 Å². The van der Waals surface area contributed by atoms with Gasteiger partial charge in [0, 0.05) is 24.3 Å². The number of hydrogen-bond acceptors (Lipinski definition) is 6. The maximum absolute atomic E-state index is 13.1. The molecule has 0 spiro atoms. The Bertz CT molecular complexity index is 1080. The molecule has 0 fully saturated rings. The molecule has 3 N–H and O–H groups in total. The van der Waals surface area contributed by atoms with Crippen molar-refractivity contribution in [2.75, 3.05) is 27.4 Å². The number of aromatic nitrogens is 2. The molecule has 0 unspecified atom stereocenters. The minimum absolute atomic E-state index is 0.0268. The Kier molecular flexibility index (Phi) is 5.33. The Morgan fingerprint density at radius 1 is 1.13 bits per heavy atom. The first-order valence-electron chi connectivity index (χ1n) is 9.61. The maximum Gasteiger partial charge on any atom is 0.273 e. The number of para-hydroxylation sites is 1. The van der Waals surface area contributed by atoms with Crippen LogP contribution in [0.2, 0.25) is 0 Å². The number of H-pyrrole nitrogens is 1. The van der Waals surface area contributed by atoms with E-state index in [1.807, 2.05) is 18.2 Å². The van der Waals surface area contributed by atoms with Crippen LogP contribution in [0.1, 0.15) is 34.1 Å². The zero-order valence-electron chi connectivity index (χ0n) is 16.8. The highest BCUT2D eigenvalue weighted by Crippen LogP contribution is 2.45. The van der Waals surface area contributed by atoms with Gasteiger partial charge in [-0.25, -0.2) is 0 Å². The van der Waals surface area contributed by atoms with E-state index in [4.69, 9.17) is 9.47 Å². The van der Waals surface area contributed by atoms with E-state index < -0.39 is 6.04 Å². The van der Waals surface area contributed by atoms with E-state index in [-0.39, 0.29) is 18.3 Å². The van der Waals surface area contributed by atoms with Crippen molar-refractivity contribution in [3.8, 4) is 28.5 Å². The predicted octanol–water partition coefficient (Wildman–Crippen LogP) is 2.73. The second-order valence-corrected chi connectivity index (χ2v) is 6.97. The number of phenols is 1. The number of amides is 1. The molecule has 1 aromatic heterocycles. The Labute approximate surface area is 173 Å². The number of phenolic OH excluding ortho intramolecular Hbond substituents is 1. The number of nitrogens with zero attached hydrogens (tertiary/aromatic N) is 2. The fourth-order valence-electron chi connectivity index (χ4n) is 3.92. The number of carbonyl (C=O) groups excluding carboxylic acids is 1. The average Bonchev–Trinajstić information content (AvgIpc) is 3.31. The molecule has 1 aliphatic rings. The molecule has 8 nitrogen and oxygen atoms in total. The quantitative estimate of drug-likeness (QED) is 0.554. The minimum Gasteiger partial charge on any atom is -0.507 e. The lowest BCUT2D eigenvalue weighted by atomic mass is 9.95. The molecular weight excluding hydrogens is 386 g/mol. The summed E-state index contributed by atoms with van der Waals surface area (Å²) < 4.78 is 10.8. The summed E-state index contributed by atoms with van der Waals surface area (Å²) in [5, 5.41) is 26.9. The fraction of sp³-hybridized carbons (Fsp3) is 0.273. The maximum atomic E-state index is 13.1. The van der Waals surface area contributed by atoms with Gasteiger partial charge in [-0.1, -0.05) is 18.2 Å². The van der Waals surface area contributed by atoms with Crippen LogP contribution in [0.4, 0.5) is 0 Å². The van der Waals surface area contributed by atoms with E-state index in [0.29, 0.717) is 47.0 Å². The highest BCUT2D eigenvalue weighted by atomic mass is 16.5. The summed E-state index contributed by atoms with van der Waals surface area (Å²) in [6.45, 7) is 0.345. The number of ether oxygens (including phenoxy) is 2. The molecule has 1 amide bonds. The highest BCUT2D eigenvalue weighted by Gasteiger charge is 2.42. The average molecular weight is 409 g/mol. The fourth-order valence-corrected chi connectivity index (χ4v) is 3.92. The summed E-state index contributed by atoms with van der Waals surface area (Å²) in [7, 11) is 3.12. The molecule has 0 saturated carbocycles. The van der Waals surface area contributed by atoms with E-state index in [0.717, 1.165) is 5.56 Å². The first-order valence-corrected chi connectivity index (χ1v) is 9.61. The van der Waals surface area contributed by atoms with Crippen LogP contribution in [0.3, 0.4) is 0 Å². The number of methoxy groups -OCH3 is 2. The lowest BCUT2D eigenvalue weighted by Crippen LogP contribution is -2.31. The Morgan fingerprint density at radius 3 is 2.60 bits per heavy atom. The van der Waals surface area contributed by atoms with Crippen molar-refractivity contribution in [2.24, 2.45) is 0 Å². The summed E-state index contributed by atoms with van der Waals surface area (Å²) >= 11 is 0. The standard InChI is InChI=1S/C22H23N3O5/c1-29-16-9-8-13(12-17(16)30-2)21-18-19(14-6-3-4-7-15(14)27)23-24-20(18)22(28)25(21)10-5-11-26/h3-4,6-9,12,21,26-27H,5,10-11H2,1-2H3,(H,23,24)/t21-/m1/s1. The number of aromatic amines is 1. The smallest absolute Gasteiger partial charge is 0.273 e. The number of hydrogen-bond donors (Lipinski definition) is 3. The number of carbonyl (C=O) groups is 1. The van der Waals surface area contributed by atoms with Crippen molar-refractivity contribution in [2.45, 2.75) is 12.5 Å². The number of fused-ring (bicyclic) bond motifs is 1. The van der Waals surface area contributed by atoms with Gasteiger partial charge in [-0.3, -0.25) is 9.89 Å². The summed E-state index contributed by atoms with van der Waals surface area (Å²) in [5.74, 6) is 1.01. The second-order valence-electron chi connectivity index (χ2n) is 6.97. The number of benzene rings is 2. The third kappa shape index (κ3) is 3.15. The number of aliphatic hydroxyl groups excluding tert-OH is 1. The Balaban J connectivity index is 1.89. The topological polar surface area (TPSA) is 108 Å². The minimum atomic E-state index is -0.452. The normalized spacial score (nSPS) is 15.4. The Morgan fingerprint density at radius 2 is 1.90 bits per heavy atom. The van der Waals surface area contributed by atoms with Crippen LogP contribution in [0.5, 0.6) is 17.2 Å². The van der Waals surface area contributed by atoms with Gasteiger partial charge in [-0.05, 0) is 36.2 Å². The monoisotopic (exact) mass is 409 g/mol. The van der Waals surface area contributed by atoms with Gasteiger partial charge in [0.15, 0.2) is 11.5 Å². The molecular formula is C22H23N3O5. The van der Waals surface area contributed by atoms with E-state index in [1.165, 1.54) is 0 Å². The molecule has 2 heterocycles. The van der Waals surface area contributed by atoms with Crippen molar-refractivity contribution in [1.82, 2.24) is 15.1 Å². The van der Waals surface area contributed by atoms with Crippen LogP contribution in [0.25, 0.3) is 11.3 Å². The zero-order chi connectivity index (χ0) is 21.3. The van der Waals surface area contributed by atoms with Crippen LogP contribution in [0, 0.1) is 0 Å². The van der Waals surface area contributed by atoms with Gasteiger partial charge in [0.05, 0.1) is 20.3 Å². The van der Waals surface area contributed by atoms with E-state index >= 15 is 0 Å². The molecule has 156 valence electrons. The lowest BCUT2D eigenvalue weighted by Gasteiger charge is -2.26. The second kappa shape index (κ2) is 8.08. The molecule has 0 radical (unpaired) electrons. The van der Waals surface area contributed by atoms with Crippen LogP contribution in [-0.4, -0.2) is 58.6 Å². The summed E-state index contributed by atoms with van der Waals surface area (Å²) in [5.41, 5.74) is 2.94. The van der Waals surface area contributed by atoms with E-state index in [9.17, 15) is 15.0 Å². The molecule has 3 aromatic rings. The third-order valence-electron chi connectivity index (χ3n) is 5.30. The van der Waals surface area contributed by atoms with Gasteiger partial charge in [-0.2, -0.15) is 5.10 Å². The van der Waals surface area contributed by atoms with Crippen molar-refractivity contribution in [3.63, 3.8) is 0 Å². The Hall–Kier alpha value is -3.52. The van der Waals surface area contributed by atoms with E-state index in [1.54, 1.807) is 43.4 Å². The number of aromatic hydroxyl groups is 1. The van der Waals surface area contributed by atoms with E-state index in [2.05, 4.69) is 10.2 Å². The molecule has 0 bridgehead atoms. The van der Waals surface area contributed by atoms with Crippen molar-refractivity contribution in [3.05, 3.63) is 59.3 Å². The summed E-state index contributed by atoms with van der Waals surface area (Å²) in [6, 6.07) is 11.9. The van der Waals surface area contributed by atoms with Crippen molar-refractivity contribution >= 4 is 5.91 Å². The van der Waals surface area contributed by atoms with Gasteiger partial charge < -0.3 is 24.6 Å². The highest BCUT2D eigenvalue weighted by molar-refractivity contribution is 6.00. The number of nitrogens with one attached hydrogen (secondary N) is 1. The van der Waals surface area contributed by atoms with Crippen LogP contribution < -0.4 is 9.47 Å². The van der Waals surface area contributed by atoms with Gasteiger partial charge in [-0.15, -0.1) is 0 Å². The molecule has 8 heteroatoms. The lowest BCUT2D eigenvalue weighted by molar-refractivity contribution is 0.0732. The molecule has 2 aromatic carbocycles. The first kappa shape index (κ1) is 19.8. The largest absolute Gasteiger partial charge is 0.507 e. The summed E-state index contributed by atoms with van der Waals surface area (Å²) in [4.78, 5) is 14.8. The molecule has 0 saturated heterocycles. The molecule has 1 aliphatic heterocycles. The van der Waals surface area contributed by atoms with Gasteiger partial charge in [0.2, 0.25) is 0 Å². The van der Waals surface area contributed by atoms with Crippen LogP contribution in [-0.2, 0) is 0 Å². The zero-order valence-corrected chi connectivity index (χ0v) is 16.8. The number of rotatable bonds is 7. The first-order chi connectivity index (χ1) is 14.6.